The van der Waals surface area contributed by atoms with E-state index in [0.717, 1.165) is 25.6 Å². The first-order valence-corrected chi connectivity index (χ1v) is 7.86. The summed E-state index contributed by atoms with van der Waals surface area (Å²) in [6.45, 7) is 4.97. The third kappa shape index (κ3) is 3.09. The fraction of sp³-hybridized carbons (Fsp3) is 1.00. The van der Waals surface area contributed by atoms with Crippen molar-refractivity contribution in [2.45, 2.75) is 37.5 Å². The summed E-state index contributed by atoms with van der Waals surface area (Å²) in [5, 5.41) is 0.694. The van der Waals surface area contributed by atoms with Crippen molar-refractivity contribution in [1.82, 2.24) is 0 Å². The summed E-state index contributed by atoms with van der Waals surface area (Å²) in [7, 11) is 0. The predicted molar refractivity (Wildman–Crippen MR) is 72.6 cm³/mol. The Hall–Kier alpha value is 0.620. The molecule has 2 unspecified atom stereocenters. The summed E-state index contributed by atoms with van der Waals surface area (Å²) in [5.41, 5.74) is 0.411. The van der Waals surface area contributed by atoms with E-state index in [4.69, 9.17) is 9.47 Å². The normalized spacial score (nSPS) is 34.1. The van der Waals surface area contributed by atoms with Crippen molar-refractivity contribution in [2.75, 3.05) is 31.3 Å². The van der Waals surface area contributed by atoms with Crippen molar-refractivity contribution in [1.29, 1.82) is 0 Å². The van der Waals surface area contributed by atoms with Gasteiger partial charge < -0.3 is 9.47 Å². The van der Waals surface area contributed by atoms with E-state index in [2.05, 4.69) is 31.3 Å². The Morgan fingerprint density at radius 2 is 2.06 bits per heavy atom. The molecule has 94 valence electrons. The number of thiol groups is 1. The van der Waals surface area contributed by atoms with E-state index in [1.807, 2.05) is 0 Å². The lowest BCUT2D eigenvalue weighted by Gasteiger charge is -2.36. The second-order valence-electron chi connectivity index (χ2n) is 4.98. The van der Waals surface area contributed by atoms with Crippen LogP contribution in [0.5, 0.6) is 0 Å². The minimum Gasteiger partial charge on any atom is -0.381 e. The smallest absolute Gasteiger partial charge is 0.0666 e. The zero-order valence-electron chi connectivity index (χ0n) is 9.98. The van der Waals surface area contributed by atoms with Crippen molar-refractivity contribution >= 4 is 24.4 Å². The second kappa shape index (κ2) is 5.98. The van der Waals surface area contributed by atoms with E-state index >= 15 is 0 Å². The predicted octanol–water partition coefficient (Wildman–Crippen LogP) is 2.62. The number of hydrogen-bond donors (Lipinski definition) is 1. The molecule has 0 aliphatic carbocycles. The molecule has 2 rings (SSSR count). The summed E-state index contributed by atoms with van der Waals surface area (Å²) in [6, 6.07) is 0. The molecular formula is C12H22O2S2. The molecule has 2 fully saturated rings. The van der Waals surface area contributed by atoms with Crippen LogP contribution in [0, 0.1) is 5.41 Å². The highest BCUT2D eigenvalue weighted by atomic mass is 32.2. The third-order valence-electron chi connectivity index (χ3n) is 3.80. The third-order valence-corrected chi connectivity index (χ3v) is 6.30. The van der Waals surface area contributed by atoms with Gasteiger partial charge in [0.2, 0.25) is 0 Å². The Balaban J connectivity index is 1.82. The fourth-order valence-corrected chi connectivity index (χ4v) is 4.52. The molecule has 16 heavy (non-hydrogen) atoms. The molecule has 2 aliphatic heterocycles. The molecule has 2 atom stereocenters. The standard InChI is InChI=1S/C12H22O2S2/c1-10-11(2-5-14-10)16-9-12(8-15)3-6-13-7-4-12/h10-11,15H,2-9H2,1H3. The first-order chi connectivity index (χ1) is 7.76. The quantitative estimate of drug-likeness (QED) is 0.786. The van der Waals surface area contributed by atoms with Crippen LogP contribution in [-0.4, -0.2) is 42.7 Å². The lowest BCUT2D eigenvalue weighted by molar-refractivity contribution is 0.0370. The summed E-state index contributed by atoms with van der Waals surface area (Å²) >= 11 is 6.64. The van der Waals surface area contributed by atoms with Crippen molar-refractivity contribution in [3.05, 3.63) is 0 Å². The second-order valence-corrected chi connectivity index (χ2v) is 6.53. The SMILES string of the molecule is CC1OCCC1SCC1(CS)CCOCC1. The van der Waals surface area contributed by atoms with E-state index < -0.39 is 0 Å². The zero-order chi connectivity index (χ0) is 11.4. The van der Waals surface area contributed by atoms with E-state index in [1.54, 1.807) is 0 Å². The van der Waals surface area contributed by atoms with E-state index in [-0.39, 0.29) is 0 Å². The molecule has 2 aliphatic rings. The molecule has 0 radical (unpaired) electrons. The maximum Gasteiger partial charge on any atom is 0.0666 e. The molecule has 0 N–H and O–H groups in total. The molecule has 0 aromatic rings. The first kappa shape index (κ1) is 13.1. The Morgan fingerprint density at radius 3 is 2.62 bits per heavy atom. The molecule has 2 heterocycles. The number of thioether (sulfide) groups is 1. The minimum absolute atomic E-state index is 0.411. The van der Waals surface area contributed by atoms with Crippen molar-refractivity contribution < 1.29 is 9.47 Å². The van der Waals surface area contributed by atoms with E-state index in [0.29, 0.717) is 16.8 Å². The zero-order valence-corrected chi connectivity index (χ0v) is 11.7. The molecule has 0 aromatic carbocycles. The highest BCUT2D eigenvalue weighted by Crippen LogP contribution is 2.38. The molecular weight excluding hydrogens is 240 g/mol. The molecule has 0 spiro atoms. The van der Waals surface area contributed by atoms with Crippen LogP contribution >= 0.6 is 24.4 Å². The highest BCUT2D eigenvalue weighted by molar-refractivity contribution is 8.00. The number of ether oxygens (including phenoxy) is 2. The van der Waals surface area contributed by atoms with Crippen LogP contribution in [0.15, 0.2) is 0 Å². The van der Waals surface area contributed by atoms with Crippen LogP contribution in [-0.2, 0) is 9.47 Å². The topological polar surface area (TPSA) is 18.5 Å². The van der Waals surface area contributed by atoms with Crippen molar-refractivity contribution in [3.63, 3.8) is 0 Å². The summed E-state index contributed by atoms with van der Waals surface area (Å²) < 4.78 is 11.1. The first-order valence-electron chi connectivity index (χ1n) is 6.18. The Bertz CT molecular complexity index is 217. The maximum absolute atomic E-state index is 5.61. The maximum atomic E-state index is 5.61. The van der Waals surface area contributed by atoms with Gasteiger partial charge in [-0.05, 0) is 37.4 Å². The van der Waals surface area contributed by atoms with Gasteiger partial charge in [-0.15, -0.1) is 0 Å². The Morgan fingerprint density at radius 1 is 1.31 bits per heavy atom. The van der Waals surface area contributed by atoms with E-state index in [1.165, 1.54) is 25.0 Å². The van der Waals surface area contributed by atoms with Crippen LogP contribution in [0.1, 0.15) is 26.2 Å². The van der Waals surface area contributed by atoms with Crippen LogP contribution in [0.25, 0.3) is 0 Å². The van der Waals surface area contributed by atoms with Crippen LogP contribution in [0.4, 0.5) is 0 Å². The molecule has 0 bridgehead atoms. The number of hydrogen-bond acceptors (Lipinski definition) is 4. The molecule has 0 amide bonds. The van der Waals surface area contributed by atoms with Gasteiger partial charge in [0.1, 0.15) is 0 Å². The van der Waals surface area contributed by atoms with Gasteiger partial charge in [-0.25, -0.2) is 0 Å². The van der Waals surface area contributed by atoms with Gasteiger partial charge in [0.15, 0.2) is 0 Å². The Labute approximate surface area is 108 Å². The molecule has 2 nitrogen and oxygen atoms in total. The monoisotopic (exact) mass is 262 g/mol. The van der Waals surface area contributed by atoms with Gasteiger partial charge >= 0.3 is 0 Å². The summed E-state index contributed by atoms with van der Waals surface area (Å²) in [4.78, 5) is 0. The minimum atomic E-state index is 0.411. The van der Waals surface area contributed by atoms with Gasteiger partial charge in [0.05, 0.1) is 6.10 Å². The van der Waals surface area contributed by atoms with Gasteiger partial charge in [-0.3, -0.25) is 0 Å². The van der Waals surface area contributed by atoms with Gasteiger partial charge in [0, 0.05) is 30.8 Å². The lowest BCUT2D eigenvalue weighted by Crippen LogP contribution is -2.34. The molecule has 0 aromatic heterocycles. The van der Waals surface area contributed by atoms with E-state index in [9.17, 15) is 0 Å². The average molecular weight is 262 g/mol. The van der Waals surface area contributed by atoms with Gasteiger partial charge in [-0.1, -0.05) is 0 Å². The van der Waals surface area contributed by atoms with Crippen LogP contribution < -0.4 is 0 Å². The van der Waals surface area contributed by atoms with Crippen LogP contribution in [0.2, 0.25) is 0 Å². The highest BCUT2D eigenvalue weighted by Gasteiger charge is 2.34. The average Bonchev–Trinajstić information content (AvgIpc) is 2.74. The van der Waals surface area contributed by atoms with Gasteiger partial charge in [-0.2, -0.15) is 24.4 Å². The Kier molecular flexibility index (Phi) is 4.89. The molecule has 2 saturated heterocycles. The fourth-order valence-electron chi connectivity index (χ4n) is 2.37. The van der Waals surface area contributed by atoms with Crippen LogP contribution in [0.3, 0.4) is 0 Å². The largest absolute Gasteiger partial charge is 0.381 e. The molecule has 0 saturated carbocycles. The number of rotatable bonds is 4. The summed E-state index contributed by atoms with van der Waals surface area (Å²) in [6.07, 6.45) is 3.99. The van der Waals surface area contributed by atoms with Gasteiger partial charge in [0.25, 0.3) is 0 Å². The molecule has 4 heteroatoms. The van der Waals surface area contributed by atoms with Crippen molar-refractivity contribution in [2.24, 2.45) is 5.41 Å². The lowest BCUT2D eigenvalue weighted by atomic mass is 9.84. The summed E-state index contributed by atoms with van der Waals surface area (Å²) in [5.74, 6) is 2.21. The van der Waals surface area contributed by atoms with Crippen molar-refractivity contribution in [3.8, 4) is 0 Å².